The molecule has 0 spiro atoms. The molecular formula is C23H24N2O5S. The van der Waals surface area contributed by atoms with Crippen LogP contribution in [0.4, 0.5) is 11.4 Å². The zero-order valence-electron chi connectivity index (χ0n) is 17.3. The minimum atomic E-state index is -3.98. The van der Waals surface area contributed by atoms with Crippen LogP contribution in [0, 0.1) is 0 Å². The Morgan fingerprint density at radius 2 is 1.52 bits per heavy atom. The van der Waals surface area contributed by atoms with Gasteiger partial charge in [0.15, 0.2) is 0 Å². The number of para-hydroxylation sites is 1. The Morgan fingerprint density at radius 1 is 0.903 bits per heavy atom. The highest BCUT2D eigenvalue weighted by Gasteiger charge is 2.27. The number of ether oxygens (including phenoxy) is 2. The Bertz CT molecular complexity index is 1100. The Balaban J connectivity index is 1.84. The SMILES string of the molecule is CCOc1ccc(NC(=O)CN(c2ccccc2)S(=O)(=O)c2ccc(OC)cc2)cc1. The standard InChI is InChI=1S/C23H24N2O5S/c1-3-30-21-11-9-18(10-12-21)24-23(26)17-25(19-7-5-4-6-8-19)31(27,28)22-15-13-20(29-2)14-16-22/h4-16H,3,17H2,1-2H3,(H,24,26). The van der Waals surface area contributed by atoms with E-state index in [4.69, 9.17) is 9.47 Å². The van der Waals surface area contributed by atoms with Crippen molar-refractivity contribution in [2.24, 2.45) is 0 Å². The number of rotatable bonds is 9. The predicted molar refractivity (Wildman–Crippen MR) is 120 cm³/mol. The van der Waals surface area contributed by atoms with Crippen molar-refractivity contribution in [1.29, 1.82) is 0 Å². The normalized spacial score (nSPS) is 10.9. The van der Waals surface area contributed by atoms with Crippen molar-refractivity contribution in [1.82, 2.24) is 0 Å². The molecular weight excluding hydrogens is 416 g/mol. The molecule has 31 heavy (non-hydrogen) atoms. The van der Waals surface area contributed by atoms with E-state index in [1.165, 1.54) is 19.2 Å². The number of nitrogens with one attached hydrogen (secondary N) is 1. The van der Waals surface area contributed by atoms with Crippen LogP contribution >= 0.6 is 0 Å². The highest BCUT2D eigenvalue weighted by Crippen LogP contribution is 2.25. The number of amides is 1. The fourth-order valence-electron chi connectivity index (χ4n) is 2.92. The van der Waals surface area contributed by atoms with Gasteiger partial charge in [-0.3, -0.25) is 9.10 Å². The van der Waals surface area contributed by atoms with Gasteiger partial charge in [0.1, 0.15) is 18.0 Å². The van der Waals surface area contributed by atoms with Gasteiger partial charge in [0, 0.05) is 5.69 Å². The van der Waals surface area contributed by atoms with E-state index in [1.807, 2.05) is 6.92 Å². The van der Waals surface area contributed by atoms with E-state index in [0.29, 0.717) is 29.5 Å². The van der Waals surface area contributed by atoms with Crippen molar-refractivity contribution in [3.05, 3.63) is 78.9 Å². The summed E-state index contributed by atoms with van der Waals surface area (Å²) in [5.74, 6) is 0.761. The molecule has 162 valence electrons. The van der Waals surface area contributed by atoms with Crippen LogP contribution in [-0.4, -0.2) is 34.6 Å². The van der Waals surface area contributed by atoms with Crippen LogP contribution in [0.3, 0.4) is 0 Å². The molecule has 0 saturated heterocycles. The summed E-state index contributed by atoms with van der Waals surface area (Å²) in [5.41, 5.74) is 0.934. The van der Waals surface area contributed by atoms with E-state index in [9.17, 15) is 13.2 Å². The maximum atomic E-state index is 13.3. The maximum Gasteiger partial charge on any atom is 0.264 e. The number of benzene rings is 3. The molecule has 3 rings (SSSR count). The Hall–Kier alpha value is -3.52. The molecule has 0 bridgehead atoms. The number of hydrogen-bond acceptors (Lipinski definition) is 5. The summed E-state index contributed by atoms with van der Waals surface area (Å²) in [5, 5.41) is 2.73. The van der Waals surface area contributed by atoms with Gasteiger partial charge in [-0.1, -0.05) is 18.2 Å². The average molecular weight is 441 g/mol. The first-order valence-electron chi connectivity index (χ1n) is 9.68. The molecule has 0 aliphatic carbocycles. The molecule has 0 fully saturated rings. The zero-order chi connectivity index (χ0) is 22.3. The quantitative estimate of drug-likeness (QED) is 0.545. The number of sulfonamides is 1. The van der Waals surface area contributed by atoms with Gasteiger partial charge in [0.05, 0.1) is 24.3 Å². The molecule has 7 nitrogen and oxygen atoms in total. The minimum absolute atomic E-state index is 0.0611. The molecule has 0 saturated carbocycles. The Kier molecular flexibility index (Phi) is 7.15. The van der Waals surface area contributed by atoms with Gasteiger partial charge in [-0.2, -0.15) is 0 Å². The molecule has 0 aromatic heterocycles. The molecule has 3 aromatic carbocycles. The third-order valence-electron chi connectivity index (χ3n) is 4.43. The molecule has 0 unspecified atom stereocenters. The van der Waals surface area contributed by atoms with Crippen LogP contribution in [0.1, 0.15) is 6.92 Å². The molecule has 0 atom stereocenters. The molecule has 8 heteroatoms. The van der Waals surface area contributed by atoms with Crippen LogP contribution in [0.2, 0.25) is 0 Å². The van der Waals surface area contributed by atoms with Crippen LogP contribution in [-0.2, 0) is 14.8 Å². The summed E-state index contributed by atoms with van der Waals surface area (Å²) in [4.78, 5) is 12.8. The highest BCUT2D eigenvalue weighted by molar-refractivity contribution is 7.92. The van der Waals surface area contributed by atoms with Gasteiger partial charge < -0.3 is 14.8 Å². The molecule has 3 aromatic rings. The number of nitrogens with zero attached hydrogens (tertiary/aromatic N) is 1. The van der Waals surface area contributed by atoms with Crippen LogP contribution in [0.5, 0.6) is 11.5 Å². The lowest BCUT2D eigenvalue weighted by molar-refractivity contribution is -0.114. The second-order valence-corrected chi connectivity index (χ2v) is 8.39. The van der Waals surface area contributed by atoms with Gasteiger partial charge in [0.25, 0.3) is 10.0 Å². The number of carbonyl (C=O) groups excluding carboxylic acids is 1. The summed E-state index contributed by atoms with van der Waals surface area (Å²) in [7, 11) is -2.48. The van der Waals surface area contributed by atoms with Gasteiger partial charge >= 0.3 is 0 Å². The monoisotopic (exact) mass is 440 g/mol. The highest BCUT2D eigenvalue weighted by atomic mass is 32.2. The third-order valence-corrected chi connectivity index (χ3v) is 6.22. The lowest BCUT2D eigenvalue weighted by Gasteiger charge is -2.24. The Morgan fingerprint density at radius 3 is 2.10 bits per heavy atom. The first-order valence-corrected chi connectivity index (χ1v) is 11.1. The number of methoxy groups -OCH3 is 1. The smallest absolute Gasteiger partial charge is 0.264 e. The number of hydrogen-bond donors (Lipinski definition) is 1. The van der Waals surface area contributed by atoms with Crippen molar-refractivity contribution in [2.45, 2.75) is 11.8 Å². The zero-order valence-corrected chi connectivity index (χ0v) is 18.1. The molecule has 0 heterocycles. The predicted octanol–water partition coefficient (Wildman–Crippen LogP) is 3.93. The maximum absolute atomic E-state index is 13.3. The van der Waals surface area contributed by atoms with Gasteiger partial charge in [-0.25, -0.2) is 8.42 Å². The topological polar surface area (TPSA) is 84.9 Å². The van der Waals surface area contributed by atoms with E-state index < -0.39 is 15.9 Å². The molecule has 0 aliphatic heterocycles. The number of anilines is 2. The van der Waals surface area contributed by atoms with Crippen LogP contribution in [0.25, 0.3) is 0 Å². The average Bonchev–Trinajstić information content (AvgIpc) is 2.79. The second kappa shape index (κ2) is 9.99. The van der Waals surface area contributed by atoms with E-state index in [2.05, 4.69) is 5.32 Å². The van der Waals surface area contributed by atoms with Gasteiger partial charge in [0.2, 0.25) is 5.91 Å². The fraction of sp³-hybridized carbons (Fsp3) is 0.174. The van der Waals surface area contributed by atoms with E-state index in [0.717, 1.165) is 4.31 Å². The first kappa shape index (κ1) is 22.2. The van der Waals surface area contributed by atoms with E-state index in [1.54, 1.807) is 66.7 Å². The number of carbonyl (C=O) groups is 1. The minimum Gasteiger partial charge on any atom is -0.497 e. The van der Waals surface area contributed by atoms with Crippen molar-refractivity contribution in [3.8, 4) is 11.5 Å². The summed E-state index contributed by atoms with van der Waals surface area (Å²) in [6.45, 7) is 2.05. The second-order valence-electron chi connectivity index (χ2n) is 6.53. The summed E-state index contributed by atoms with van der Waals surface area (Å²) < 4.78 is 38.2. The van der Waals surface area contributed by atoms with Crippen molar-refractivity contribution >= 4 is 27.3 Å². The lowest BCUT2D eigenvalue weighted by atomic mass is 10.3. The first-order chi connectivity index (χ1) is 14.9. The molecule has 0 aliphatic rings. The Labute approximate surface area is 182 Å². The van der Waals surface area contributed by atoms with Crippen molar-refractivity contribution in [2.75, 3.05) is 29.9 Å². The lowest BCUT2D eigenvalue weighted by Crippen LogP contribution is -2.38. The van der Waals surface area contributed by atoms with Gasteiger partial charge in [-0.05, 0) is 67.6 Å². The van der Waals surface area contributed by atoms with Crippen LogP contribution in [0.15, 0.2) is 83.8 Å². The molecule has 1 N–H and O–H groups in total. The van der Waals surface area contributed by atoms with E-state index >= 15 is 0 Å². The van der Waals surface area contributed by atoms with E-state index in [-0.39, 0.29) is 11.4 Å². The molecule has 1 amide bonds. The van der Waals surface area contributed by atoms with Crippen LogP contribution < -0.4 is 19.1 Å². The largest absolute Gasteiger partial charge is 0.497 e. The summed E-state index contributed by atoms with van der Waals surface area (Å²) >= 11 is 0. The fourth-order valence-corrected chi connectivity index (χ4v) is 4.34. The van der Waals surface area contributed by atoms with Crippen molar-refractivity contribution < 1.29 is 22.7 Å². The summed E-state index contributed by atoms with van der Waals surface area (Å²) in [6, 6.07) is 21.4. The third kappa shape index (κ3) is 5.55. The summed E-state index contributed by atoms with van der Waals surface area (Å²) in [6.07, 6.45) is 0. The molecule has 0 radical (unpaired) electrons. The van der Waals surface area contributed by atoms with Crippen molar-refractivity contribution in [3.63, 3.8) is 0 Å². The van der Waals surface area contributed by atoms with Gasteiger partial charge in [-0.15, -0.1) is 0 Å².